The van der Waals surface area contributed by atoms with Crippen molar-refractivity contribution in [3.63, 3.8) is 0 Å². The molecule has 0 fully saturated rings. The standard InChI is InChI=1S/C29H23F4N/c1-2-3-20-11-12-23-22(14-20)17-25(30)24(28(23)33)13-10-19-6-4-18(5-7-19)8-9-21-15-26(31)29(34)27(32)16-21/h4-7,15-17,20H,2-3,11-12,14,34H2,1H3. The largest absolute Gasteiger partial charge is 0.394 e. The van der Waals surface area contributed by atoms with Crippen molar-refractivity contribution in [2.45, 2.75) is 39.0 Å². The Morgan fingerprint density at radius 3 is 2.03 bits per heavy atom. The van der Waals surface area contributed by atoms with Crippen molar-refractivity contribution < 1.29 is 17.6 Å². The van der Waals surface area contributed by atoms with E-state index in [1.807, 2.05) is 0 Å². The summed E-state index contributed by atoms with van der Waals surface area (Å²) in [7, 11) is 0. The lowest BCUT2D eigenvalue weighted by atomic mass is 9.81. The van der Waals surface area contributed by atoms with E-state index in [2.05, 4.69) is 30.6 Å². The van der Waals surface area contributed by atoms with Crippen molar-refractivity contribution in [3.05, 3.63) is 99.1 Å². The highest BCUT2D eigenvalue weighted by molar-refractivity contribution is 5.52. The predicted octanol–water partition coefficient (Wildman–Crippen LogP) is 6.53. The summed E-state index contributed by atoms with van der Waals surface area (Å²) in [5, 5.41) is 0. The fraction of sp³-hybridized carbons (Fsp3) is 0.241. The van der Waals surface area contributed by atoms with Gasteiger partial charge in [-0.25, -0.2) is 17.6 Å². The van der Waals surface area contributed by atoms with E-state index in [0.29, 0.717) is 35.4 Å². The van der Waals surface area contributed by atoms with Crippen molar-refractivity contribution in [2.75, 3.05) is 5.73 Å². The number of benzene rings is 3. The molecule has 1 aliphatic rings. The van der Waals surface area contributed by atoms with Gasteiger partial charge in [0.2, 0.25) is 0 Å². The van der Waals surface area contributed by atoms with Crippen LogP contribution in [0.2, 0.25) is 0 Å². The molecule has 0 amide bonds. The molecule has 1 nitrogen and oxygen atoms in total. The summed E-state index contributed by atoms with van der Waals surface area (Å²) in [5.41, 5.74) is 7.17. The van der Waals surface area contributed by atoms with Crippen molar-refractivity contribution in [1.82, 2.24) is 0 Å². The summed E-state index contributed by atoms with van der Waals surface area (Å²) in [4.78, 5) is 0. The van der Waals surface area contributed by atoms with E-state index in [-0.39, 0.29) is 11.1 Å². The molecule has 3 aromatic carbocycles. The average molecular weight is 462 g/mol. The number of nitrogens with two attached hydrogens (primary N) is 1. The van der Waals surface area contributed by atoms with E-state index in [0.717, 1.165) is 37.0 Å². The van der Waals surface area contributed by atoms with Gasteiger partial charge in [0.25, 0.3) is 0 Å². The molecule has 0 radical (unpaired) electrons. The maximum Gasteiger partial charge on any atom is 0.150 e. The zero-order chi connectivity index (χ0) is 24.2. The van der Waals surface area contributed by atoms with Crippen LogP contribution >= 0.6 is 0 Å². The average Bonchev–Trinajstić information content (AvgIpc) is 2.81. The molecular weight excluding hydrogens is 438 g/mol. The molecule has 1 aliphatic carbocycles. The Balaban J connectivity index is 1.53. The summed E-state index contributed by atoms with van der Waals surface area (Å²) >= 11 is 0. The summed E-state index contributed by atoms with van der Waals surface area (Å²) in [6.07, 6.45) is 4.36. The highest BCUT2D eigenvalue weighted by Gasteiger charge is 2.24. The fourth-order valence-electron chi connectivity index (χ4n) is 4.26. The molecule has 2 N–H and O–H groups in total. The van der Waals surface area contributed by atoms with Crippen LogP contribution in [-0.4, -0.2) is 0 Å². The normalized spacial score (nSPS) is 14.4. The van der Waals surface area contributed by atoms with E-state index < -0.39 is 29.0 Å². The second-order valence-electron chi connectivity index (χ2n) is 8.51. The molecule has 0 saturated carbocycles. The summed E-state index contributed by atoms with van der Waals surface area (Å²) in [6, 6.07) is 10.3. The van der Waals surface area contributed by atoms with Gasteiger partial charge >= 0.3 is 0 Å². The molecule has 5 heteroatoms. The molecule has 4 rings (SSSR count). The molecule has 0 saturated heterocycles. The molecule has 34 heavy (non-hydrogen) atoms. The van der Waals surface area contributed by atoms with E-state index >= 15 is 4.39 Å². The SMILES string of the molecule is CCCC1CCc2c(cc(F)c(C#Cc3ccc(C#Cc4cc(F)c(N)c(F)c4)cc3)c2F)C1. The minimum Gasteiger partial charge on any atom is -0.394 e. The van der Waals surface area contributed by atoms with Crippen LogP contribution in [-0.2, 0) is 12.8 Å². The zero-order valence-corrected chi connectivity index (χ0v) is 18.7. The molecule has 3 aromatic rings. The first-order valence-corrected chi connectivity index (χ1v) is 11.2. The zero-order valence-electron chi connectivity index (χ0n) is 18.7. The lowest BCUT2D eigenvalue weighted by molar-refractivity contribution is 0.411. The summed E-state index contributed by atoms with van der Waals surface area (Å²) < 4.78 is 56.7. The van der Waals surface area contributed by atoms with Gasteiger partial charge in [-0.05, 0) is 78.8 Å². The molecule has 0 bridgehead atoms. The van der Waals surface area contributed by atoms with E-state index in [1.165, 1.54) is 6.07 Å². The fourth-order valence-corrected chi connectivity index (χ4v) is 4.26. The molecule has 1 atom stereocenters. The first-order chi connectivity index (χ1) is 16.4. The number of hydrogen-bond acceptors (Lipinski definition) is 1. The first-order valence-electron chi connectivity index (χ1n) is 11.2. The van der Waals surface area contributed by atoms with E-state index in [4.69, 9.17) is 5.73 Å². The van der Waals surface area contributed by atoms with Crippen LogP contribution in [0.25, 0.3) is 0 Å². The third kappa shape index (κ3) is 5.10. The van der Waals surface area contributed by atoms with Gasteiger partial charge in [-0.3, -0.25) is 0 Å². The molecule has 0 spiro atoms. The maximum absolute atomic E-state index is 15.0. The van der Waals surface area contributed by atoms with Crippen LogP contribution in [0.5, 0.6) is 0 Å². The number of fused-ring (bicyclic) bond motifs is 1. The Bertz CT molecular complexity index is 1330. The number of hydrogen-bond donors (Lipinski definition) is 1. The third-order valence-corrected chi connectivity index (χ3v) is 6.07. The second kappa shape index (κ2) is 10.1. The smallest absolute Gasteiger partial charge is 0.150 e. The quantitative estimate of drug-likeness (QED) is 0.262. The lowest BCUT2D eigenvalue weighted by Crippen LogP contribution is -2.17. The van der Waals surface area contributed by atoms with Crippen LogP contribution in [0.3, 0.4) is 0 Å². The van der Waals surface area contributed by atoms with Crippen LogP contribution in [0.1, 0.15) is 59.6 Å². The summed E-state index contributed by atoms with van der Waals surface area (Å²) in [6.45, 7) is 2.12. The molecule has 0 aliphatic heterocycles. The van der Waals surface area contributed by atoms with Gasteiger partial charge < -0.3 is 5.73 Å². The Morgan fingerprint density at radius 2 is 1.41 bits per heavy atom. The highest BCUT2D eigenvalue weighted by atomic mass is 19.1. The van der Waals surface area contributed by atoms with Gasteiger partial charge in [0.1, 0.15) is 29.0 Å². The van der Waals surface area contributed by atoms with Crippen molar-refractivity contribution in [3.8, 4) is 23.7 Å². The van der Waals surface area contributed by atoms with Crippen molar-refractivity contribution >= 4 is 5.69 Å². The van der Waals surface area contributed by atoms with Crippen LogP contribution in [0.4, 0.5) is 23.2 Å². The van der Waals surface area contributed by atoms with Crippen LogP contribution in [0, 0.1) is 52.9 Å². The molecular formula is C29H23F4N. The monoisotopic (exact) mass is 461 g/mol. The van der Waals surface area contributed by atoms with Crippen LogP contribution < -0.4 is 5.73 Å². The highest BCUT2D eigenvalue weighted by Crippen LogP contribution is 2.32. The van der Waals surface area contributed by atoms with Gasteiger partial charge in [-0.15, -0.1) is 0 Å². The van der Waals surface area contributed by atoms with Crippen molar-refractivity contribution in [2.24, 2.45) is 5.92 Å². The second-order valence-corrected chi connectivity index (χ2v) is 8.51. The third-order valence-electron chi connectivity index (χ3n) is 6.07. The number of rotatable bonds is 2. The maximum atomic E-state index is 15.0. The molecule has 0 heterocycles. The van der Waals surface area contributed by atoms with Crippen LogP contribution in [0.15, 0.2) is 42.5 Å². The van der Waals surface area contributed by atoms with Crippen molar-refractivity contribution in [1.29, 1.82) is 0 Å². The topological polar surface area (TPSA) is 26.0 Å². The Labute approximate surface area is 197 Å². The van der Waals surface area contributed by atoms with E-state index in [9.17, 15) is 13.2 Å². The van der Waals surface area contributed by atoms with Gasteiger partial charge in [-0.1, -0.05) is 43.4 Å². The number of nitrogen functional groups attached to an aromatic ring is 1. The van der Waals surface area contributed by atoms with E-state index in [1.54, 1.807) is 24.3 Å². The molecule has 0 aromatic heterocycles. The molecule has 172 valence electrons. The Kier molecular flexibility index (Phi) is 6.94. The Morgan fingerprint density at radius 1 is 0.824 bits per heavy atom. The lowest BCUT2D eigenvalue weighted by Gasteiger charge is -2.25. The summed E-state index contributed by atoms with van der Waals surface area (Å²) in [5.74, 6) is 8.51. The van der Waals surface area contributed by atoms with Gasteiger partial charge in [-0.2, -0.15) is 0 Å². The minimum absolute atomic E-state index is 0.160. The number of halogens is 4. The Hall–Kier alpha value is -3.70. The van der Waals surface area contributed by atoms with Gasteiger partial charge in [0, 0.05) is 16.7 Å². The predicted molar refractivity (Wildman–Crippen MR) is 126 cm³/mol. The number of anilines is 1. The van der Waals surface area contributed by atoms with Gasteiger partial charge in [0.05, 0.1) is 5.56 Å². The minimum atomic E-state index is -0.864. The molecule has 1 unspecified atom stereocenters. The first kappa shape index (κ1) is 23.5. The van der Waals surface area contributed by atoms with Gasteiger partial charge in [0.15, 0.2) is 0 Å².